The van der Waals surface area contributed by atoms with Crippen molar-refractivity contribution >= 4 is 15.7 Å². The summed E-state index contributed by atoms with van der Waals surface area (Å²) in [7, 11) is -3.26. The van der Waals surface area contributed by atoms with Crippen LogP contribution >= 0.6 is 0 Å². The second-order valence-electron chi connectivity index (χ2n) is 3.42. The van der Waals surface area contributed by atoms with Crippen LogP contribution in [0.2, 0.25) is 0 Å². The van der Waals surface area contributed by atoms with Crippen LogP contribution in [0.25, 0.3) is 0 Å². The molecule has 0 saturated carbocycles. The average molecular weight is 229 g/mol. The van der Waals surface area contributed by atoms with Gasteiger partial charge in [-0.3, -0.25) is 4.72 Å². The van der Waals surface area contributed by atoms with E-state index in [1.54, 1.807) is 24.3 Å². The van der Waals surface area contributed by atoms with E-state index in [0.717, 1.165) is 6.26 Å². The highest BCUT2D eigenvalue weighted by molar-refractivity contribution is 7.92. The molecule has 4 nitrogen and oxygen atoms in total. The molecule has 1 aromatic rings. The summed E-state index contributed by atoms with van der Waals surface area (Å²) in [4.78, 5) is 0. The standard InChI is InChI=1S/C10H15NO3S/c1-3-10(12)8-5-4-6-9(7-8)11-15(2,13)14/h4-7,10-12H,3H2,1-2H3. The fraction of sp³-hybridized carbons (Fsp3) is 0.400. The first-order chi connectivity index (χ1) is 6.92. The lowest BCUT2D eigenvalue weighted by molar-refractivity contribution is 0.174. The quantitative estimate of drug-likeness (QED) is 0.822. The van der Waals surface area contributed by atoms with Gasteiger partial charge in [0.1, 0.15) is 0 Å². The molecule has 0 aliphatic heterocycles. The number of anilines is 1. The molecule has 0 fully saturated rings. The summed E-state index contributed by atoms with van der Waals surface area (Å²) >= 11 is 0. The van der Waals surface area contributed by atoms with Crippen molar-refractivity contribution in [1.82, 2.24) is 0 Å². The molecule has 0 amide bonds. The number of hydrogen-bond donors (Lipinski definition) is 2. The SMILES string of the molecule is CCC(O)c1cccc(NS(C)(=O)=O)c1. The van der Waals surface area contributed by atoms with Gasteiger partial charge in [0.15, 0.2) is 0 Å². The molecule has 15 heavy (non-hydrogen) atoms. The highest BCUT2D eigenvalue weighted by Gasteiger charge is 2.07. The smallest absolute Gasteiger partial charge is 0.229 e. The van der Waals surface area contributed by atoms with E-state index >= 15 is 0 Å². The summed E-state index contributed by atoms with van der Waals surface area (Å²) in [5.41, 5.74) is 1.19. The monoisotopic (exact) mass is 229 g/mol. The highest BCUT2D eigenvalue weighted by Crippen LogP contribution is 2.20. The lowest BCUT2D eigenvalue weighted by Crippen LogP contribution is -2.09. The Balaban J connectivity index is 2.93. The van der Waals surface area contributed by atoms with Crippen LogP contribution in [0.15, 0.2) is 24.3 Å². The first-order valence-electron chi connectivity index (χ1n) is 4.68. The van der Waals surface area contributed by atoms with Gasteiger partial charge >= 0.3 is 0 Å². The summed E-state index contributed by atoms with van der Waals surface area (Å²) in [6.07, 6.45) is 1.14. The first kappa shape index (κ1) is 12.0. The van der Waals surface area contributed by atoms with Gasteiger partial charge in [0.05, 0.1) is 12.4 Å². The Labute approximate surface area is 90.0 Å². The minimum Gasteiger partial charge on any atom is -0.388 e. The molecule has 5 heteroatoms. The maximum atomic E-state index is 11.0. The molecule has 0 spiro atoms. The van der Waals surface area contributed by atoms with Crippen molar-refractivity contribution in [3.05, 3.63) is 29.8 Å². The van der Waals surface area contributed by atoms with Crippen molar-refractivity contribution in [2.24, 2.45) is 0 Å². The Morgan fingerprint density at radius 2 is 2.13 bits per heavy atom. The van der Waals surface area contributed by atoms with Gasteiger partial charge < -0.3 is 5.11 Å². The van der Waals surface area contributed by atoms with Crippen molar-refractivity contribution < 1.29 is 13.5 Å². The van der Waals surface area contributed by atoms with Gasteiger partial charge in [0, 0.05) is 5.69 Å². The summed E-state index contributed by atoms with van der Waals surface area (Å²) in [5.74, 6) is 0. The molecule has 0 aliphatic carbocycles. The van der Waals surface area contributed by atoms with Gasteiger partial charge in [-0.05, 0) is 24.1 Å². The molecular weight excluding hydrogens is 214 g/mol. The fourth-order valence-electron chi connectivity index (χ4n) is 1.26. The zero-order valence-electron chi connectivity index (χ0n) is 8.77. The molecule has 1 rings (SSSR count). The molecule has 84 valence electrons. The summed E-state index contributed by atoms with van der Waals surface area (Å²) in [5, 5.41) is 9.57. The Hall–Kier alpha value is -1.07. The molecule has 1 atom stereocenters. The number of benzene rings is 1. The van der Waals surface area contributed by atoms with Crippen LogP contribution in [0.4, 0.5) is 5.69 Å². The van der Waals surface area contributed by atoms with E-state index in [1.807, 2.05) is 6.92 Å². The maximum absolute atomic E-state index is 11.0. The van der Waals surface area contributed by atoms with Crippen molar-refractivity contribution in [1.29, 1.82) is 0 Å². The van der Waals surface area contributed by atoms with Crippen LogP contribution in [0, 0.1) is 0 Å². The van der Waals surface area contributed by atoms with Crippen LogP contribution in [0.1, 0.15) is 25.0 Å². The Bertz CT molecular complexity index is 428. The largest absolute Gasteiger partial charge is 0.388 e. The summed E-state index contributed by atoms with van der Waals surface area (Å²) < 4.78 is 24.3. The van der Waals surface area contributed by atoms with Crippen LogP contribution in [-0.4, -0.2) is 19.8 Å². The number of rotatable bonds is 4. The molecule has 1 unspecified atom stereocenters. The van der Waals surface area contributed by atoms with E-state index < -0.39 is 16.1 Å². The van der Waals surface area contributed by atoms with Crippen molar-refractivity contribution in [3.8, 4) is 0 Å². The highest BCUT2D eigenvalue weighted by atomic mass is 32.2. The molecule has 0 aliphatic rings. The van der Waals surface area contributed by atoms with Crippen molar-refractivity contribution in [2.75, 3.05) is 11.0 Å². The zero-order chi connectivity index (χ0) is 11.5. The normalized spacial score (nSPS) is 13.5. The molecule has 0 aromatic heterocycles. The van der Waals surface area contributed by atoms with Crippen LogP contribution in [0.5, 0.6) is 0 Å². The lowest BCUT2D eigenvalue weighted by atomic mass is 10.1. The van der Waals surface area contributed by atoms with E-state index in [2.05, 4.69) is 4.72 Å². The Kier molecular flexibility index (Phi) is 3.71. The maximum Gasteiger partial charge on any atom is 0.229 e. The summed E-state index contributed by atoms with van der Waals surface area (Å²) in [6.45, 7) is 1.86. The van der Waals surface area contributed by atoms with Crippen LogP contribution < -0.4 is 4.72 Å². The third kappa shape index (κ3) is 3.89. The first-order valence-corrected chi connectivity index (χ1v) is 6.57. The van der Waals surface area contributed by atoms with Gasteiger partial charge in [-0.2, -0.15) is 0 Å². The second-order valence-corrected chi connectivity index (χ2v) is 5.17. The van der Waals surface area contributed by atoms with Gasteiger partial charge in [0.2, 0.25) is 10.0 Å². The average Bonchev–Trinajstić information content (AvgIpc) is 2.14. The molecule has 0 radical (unpaired) electrons. The van der Waals surface area contributed by atoms with Crippen LogP contribution in [0.3, 0.4) is 0 Å². The molecule has 1 aromatic carbocycles. The van der Waals surface area contributed by atoms with Gasteiger partial charge in [0.25, 0.3) is 0 Å². The number of nitrogens with one attached hydrogen (secondary N) is 1. The van der Waals surface area contributed by atoms with Crippen molar-refractivity contribution in [2.45, 2.75) is 19.4 Å². The third-order valence-electron chi connectivity index (χ3n) is 1.96. The van der Waals surface area contributed by atoms with E-state index in [0.29, 0.717) is 17.7 Å². The lowest BCUT2D eigenvalue weighted by Gasteiger charge is -2.10. The second kappa shape index (κ2) is 4.63. The molecule has 0 saturated heterocycles. The van der Waals surface area contributed by atoms with Gasteiger partial charge in [-0.25, -0.2) is 8.42 Å². The minimum atomic E-state index is -3.26. The van der Waals surface area contributed by atoms with E-state index in [-0.39, 0.29) is 0 Å². The topological polar surface area (TPSA) is 66.4 Å². The van der Waals surface area contributed by atoms with E-state index in [9.17, 15) is 13.5 Å². The molecular formula is C10H15NO3S. The molecule has 0 heterocycles. The molecule has 2 N–H and O–H groups in total. The fourth-order valence-corrected chi connectivity index (χ4v) is 1.81. The number of aliphatic hydroxyl groups is 1. The predicted octanol–water partition coefficient (Wildman–Crippen LogP) is 1.50. The van der Waals surface area contributed by atoms with Gasteiger partial charge in [-0.15, -0.1) is 0 Å². The number of sulfonamides is 1. The number of hydrogen-bond acceptors (Lipinski definition) is 3. The van der Waals surface area contributed by atoms with E-state index in [4.69, 9.17) is 0 Å². The van der Waals surface area contributed by atoms with E-state index in [1.165, 1.54) is 0 Å². The molecule has 0 bridgehead atoms. The third-order valence-corrected chi connectivity index (χ3v) is 2.57. The Morgan fingerprint density at radius 1 is 1.47 bits per heavy atom. The van der Waals surface area contributed by atoms with Gasteiger partial charge in [-0.1, -0.05) is 19.1 Å². The minimum absolute atomic E-state index is 0.475. The van der Waals surface area contributed by atoms with Crippen molar-refractivity contribution in [3.63, 3.8) is 0 Å². The number of aliphatic hydroxyl groups excluding tert-OH is 1. The Morgan fingerprint density at radius 3 is 2.67 bits per heavy atom. The summed E-state index contributed by atoms with van der Waals surface area (Å²) in [6, 6.07) is 6.76. The predicted molar refractivity (Wildman–Crippen MR) is 60.2 cm³/mol. The zero-order valence-corrected chi connectivity index (χ0v) is 9.58. The van der Waals surface area contributed by atoms with Crippen LogP contribution in [-0.2, 0) is 10.0 Å².